The number of carboxylic acids is 1. The second-order valence-corrected chi connectivity index (χ2v) is 5.28. The number of hydrogen-bond acceptors (Lipinski definition) is 3. The van der Waals surface area contributed by atoms with Crippen LogP contribution in [0.25, 0.3) is 0 Å². The highest BCUT2D eigenvalue weighted by atomic mass is 16.4. The Bertz CT molecular complexity index is 563. The van der Waals surface area contributed by atoms with E-state index in [1.807, 2.05) is 38.1 Å². The van der Waals surface area contributed by atoms with Crippen LogP contribution in [0.15, 0.2) is 30.4 Å². The van der Waals surface area contributed by atoms with Gasteiger partial charge in [0.25, 0.3) is 0 Å². The Hall–Kier alpha value is -2.10. The van der Waals surface area contributed by atoms with Crippen LogP contribution < -0.4 is 10.4 Å². The lowest BCUT2D eigenvalue weighted by molar-refractivity contribution is -0.313. The van der Waals surface area contributed by atoms with Gasteiger partial charge in [0.2, 0.25) is 5.91 Å². The zero-order valence-electron chi connectivity index (χ0n) is 11.7. The number of aryl methyl sites for hydroxylation is 2. The van der Waals surface area contributed by atoms with Gasteiger partial charge in [-0.3, -0.25) is 4.79 Å². The second kappa shape index (κ2) is 5.90. The van der Waals surface area contributed by atoms with Crippen LogP contribution in [0.4, 0.5) is 5.69 Å². The van der Waals surface area contributed by atoms with E-state index in [1.54, 1.807) is 6.08 Å². The highest BCUT2D eigenvalue weighted by Gasteiger charge is 2.29. The minimum atomic E-state index is -1.16. The van der Waals surface area contributed by atoms with Crippen molar-refractivity contribution in [3.8, 4) is 0 Å². The van der Waals surface area contributed by atoms with E-state index in [0.717, 1.165) is 16.8 Å². The molecule has 1 aliphatic carbocycles. The SMILES string of the molecule is Cc1ccc(NC(=O)[C@H]2CC=CC[C@@H]2C(=O)[O-])c(C)c1. The first-order valence-corrected chi connectivity index (χ1v) is 6.73. The quantitative estimate of drug-likeness (QED) is 0.849. The number of rotatable bonds is 3. The number of aliphatic carboxylic acids is 1. The fraction of sp³-hybridized carbons (Fsp3) is 0.375. The van der Waals surface area contributed by atoms with Crippen LogP contribution in [0.3, 0.4) is 0 Å². The highest BCUT2D eigenvalue weighted by Crippen LogP contribution is 2.27. The number of anilines is 1. The van der Waals surface area contributed by atoms with Crippen molar-refractivity contribution in [2.24, 2.45) is 11.8 Å². The summed E-state index contributed by atoms with van der Waals surface area (Å²) in [6.45, 7) is 3.90. The van der Waals surface area contributed by atoms with Crippen molar-refractivity contribution < 1.29 is 14.7 Å². The minimum absolute atomic E-state index is 0.254. The van der Waals surface area contributed by atoms with E-state index >= 15 is 0 Å². The maximum Gasteiger partial charge on any atom is 0.228 e. The third-order valence-electron chi connectivity index (χ3n) is 3.71. The molecule has 0 aliphatic heterocycles. The molecule has 2 rings (SSSR count). The molecule has 106 valence electrons. The lowest BCUT2D eigenvalue weighted by Gasteiger charge is -2.28. The van der Waals surface area contributed by atoms with Crippen molar-refractivity contribution in [1.29, 1.82) is 0 Å². The van der Waals surface area contributed by atoms with Crippen LogP contribution >= 0.6 is 0 Å². The van der Waals surface area contributed by atoms with E-state index in [2.05, 4.69) is 5.32 Å². The standard InChI is InChI=1S/C16H19NO3/c1-10-7-8-14(11(2)9-10)17-15(18)12-5-3-4-6-13(12)16(19)20/h3-4,7-9,12-13H,5-6H2,1-2H3,(H,17,18)(H,19,20)/p-1/t12-,13-/m0/s1. The molecule has 4 nitrogen and oxygen atoms in total. The summed E-state index contributed by atoms with van der Waals surface area (Å²) >= 11 is 0. The van der Waals surface area contributed by atoms with Crippen LogP contribution in [-0.2, 0) is 9.59 Å². The number of benzene rings is 1. The minimum Gasteiger partial charge on any atom is -0.550 e. The molecular formula is C16H18NO3-. The molecule has 1 aromatic carbocycles. The van der Waals surface area contributed by atoms with Crippen LogP contribution in [0, 0.1) is 25.7 Å². The van der Waals surface area contributed by atoms with E-state index < -0.39 is 17.8 Å². The normalized spacial score (nSPS) is 21.5. The van der Waals surface area contributed by atoms with Crippen molar-refractivity contribution in [1.82, 2.24) is 0 Å². The van der Waals surface area contributed by atoms with Gasteiger partial charge in [-0.1, -0.05) is 29.8 Å². The van der Waals surface area contributed by atoms with Gasteiger partial charge in [-0.15, -0.1) is 0 Å². The van der Waals surface area contributed by atoms with Crippen LogP contribution in [-0.4, -0.2) is 11.9 Å². The monoisotopic (exact) mass is 272 g/mol. The zero-order chi connectivity index (χ0) is 14.7. The van der Waals surface area contributed by atoms with Gasteiger partial charge in [0.1, 0.15) is 0 Å². The number of carbonyl (C=O) groups excluding carboxylic acids is 2. The third kappa shape index (κ3) is 3.07. The van der Waals surface area contributed by atoms with Crippen LogP contribution in [0.1, 0.15) is 24.0 Å². The molecule has 0 saturated carbocycles. The smallest absolute Gasteiger partial charge is 0.228 e. The van der Waals surface area contributed by atoms with Crippen molar-refractivity contribution >= 4 is 17.6 Å². The van der Waals surface area contributed by atoms with E-state index in [1.165, 1.54) is 0 Å². The van der Waals surface area contributed by atoms with Crippen molar-refractivity contribution in [2.45, 2.75) is 26.7 Å². The van der Waals surface area contributed by atoms with Crippen molar-refractivity contribution in [3.63, 3.8) is 0 Å². The largest absolute Gasteiger partial charge is 0.550 e. The molecule has 20 heavy (non-hydrogen) atoms. The molecule has 0 spiro atoms. The summed E-state index contributed by atoms with van der Waals surface area (Å²) in [5.74, 6) is -2.72. The first kappa shape index (κ1) is 14.3. The fourth-order valence-electron chi connectivity index (χ4n) is 2.54. The van der Waals surface area contributed by atoms with E-state index in [4.69, 9.17) is 0 Å². The zero-order valence-corrected chi connectivity index (χ0v) is 11.7. The predicted molar refractivity (Wildman–Crippen MR) is 74.9 cm³/mol. The Balaban J connectivity index is 2.14. The summed E-state index contributed by atoms with van der Waals surface area (Å²) in [5, 5.41) is 13.9. The Kier molecular flexibility index (Phi) is 4.23. The maximum atomic E-state index is 12.3. The van der Waals surface area contributed by atoms with Gasteiger partial charge in [0, 0.05) is 17.6 Å². The number of hydrogen-bond donors (Lipinski definition) is 1. The fourth-order valence-corrected chi connectivity index (χ4v) is 2.54. The molecule has 0 aromatic heterocycles. The molecule has 0 fully saturated rings. The molecule has 1 amide bonds. The third-order valence-corrected chi connectivity index (χ3v) is 3.71. The molecule has 4 heteroatoms. The summed E-state index contributed by atoms with van der Waals surface area (Å²) in [6, 6.07) is 5.74. The van der Waals surface area contributed by atoms with Crippen molar-refractivity contribution in [3.05, 3.63) is 41.5 Å². The molecule has 0 bridgehead atoms. The van der Waals surface area contributed by atoms with Gasteiger partial charge in [0.15, 0.2) is 0 Å². The topological polar surface area (TPSA) is 69.2 Å². The highest BCUT2D eigenvalue weighted by molar-refractivity contribution is 5.95. The van der Waals surface area contributed by atoms with Crippen molar-refractivity contribution in [2.75, 3.05) is 5.32 Å². The Morgan fingerprint density at radius 1 is 1.15 bits per heavy atom. The van der Waals surface area contributed by atoms with E-state index in [9.17, 15) is 14.7 Å². The van der Waals surface area contributed by atoms with Crippen LogP contribution in [0.5, 0.6) is 0 Å². The lowest BCUT2D eigenvalue weighted by atomic mass is 9.82. The number of amides is 1. The Labute approximate surface area is 118 Å². The number of carbonyl (C=O) groups is 2. The molecule has 0 unspecified atom stereocenters. The summed E-state index contributed by atoms with van der Waals surface area (Å²) in [5.41, 5.74) is 2.82. The molecule has 1 aromatic rings. The maximum absolute atomic E-state index is 12.3. The van der Waals surface area contributed by atoms with Crippen LogP contribution in [0.2, 0.25) is 0 Å². The summed E-state index contributed by atoms with van der Waals surface area (Å²) in [4.78, 5) is 23.4. The van der Waals surface area contributed by atoms with E-state index in [-0.39, 0.29) is 5.91 Å². The number of allylic oxidation sites excluding steroid dienone is 2. The van der Waals surface area contributed by atoms with Gasteiger partial charge in [-0.05, 0) is 38.3 Å². The van der Waals surface area contributed by atoms with Gasteiger partial charge in [-0.2, -0.15) is 0 Å². The van der Waals surface area contributed by atoms with Gasteiger partial charge >= 0.3 is 0 Å². The number of carboxylic acid groups (broad SMARTS) is 1. The number of nitrogens with one attached hydrogen (secondary N) is 1. The van der Waals surface area contributed by atoms with Gasteiger partial charge in [0.05, 0.1) is 5.92 Å². The summed E-state index contributed by atoms with van der Waals surface area (Å²) in [6.07, 6.45) is 4.44. The first-order valence-electron chi connectivity index (χ1n) is 6.73. The van der Waals surface area contributed by atoms with Gasteiger partial charge in [-0.25, -0.2) is 0 Å². The van der Waals surface area contributed by atoms with Gasteiger partial charge < -0.3 is 15.2 Å². The molecule has 0 saturated heterocycles. The molecule has 1 aliphatic rings. The molecule has 0 radical (unpaired) electrons. The average Bonchev–Trinajstić information content (AvgIpc) is 2.41. The molecular weight excluding hydrogens is 254 g/mol. The Morgan fingerprint density at radius 2 is 1.80 bits per heavy atom. The Morgan fingerprint density at radius 3 is 2.40 bits per heavy atom. The molecule has 1 N–H and O–H groups in total. The molecule has 0 heterocycles. The lowest BCUT2D eigenvalue weighted by Crippen LogP contribution is -2.41. The summed E-state index contributed by atoms with van der Waals surface area (Å²) < 4.78 is 0. The molecule has 2 atom stereocenters. The average molecular weight is 272 g/mol. The predicted octanol–water partition coefficient (Wildman–Crippen LogP) is 1.57. The first-order chi connectivity index (χ1) is 9.49. The van der Waals surface area contributed by atoms with E-state index in [0.29, 0.717) is 12.8 Å². The second-order valence-electron chi connectivity index (χ2n) is 5.28. The summed E-state index contributed by atoms with van der Waals surface area (Å²) in [7, 11) is 0.